The lowest BCUT2D eigenvalue weighted by Gasteiger charge is -2.21. The van der Waals surface area contributed by atoms with Gasteiger partial charge in [-0.2, -0.15) is 0 Å². The predicted octanol–water partition coefficient (Wildman–Crippen LogP) is 3.63. The SMILES string of the molecule is CC(C)OCCCN1C(=O)C(c2ccc([N+](=O)[O-])cc2)=C(N(C)c2ccccc2)C1=O. The van der Waals surface area contributed by atoms with Gasteiger partial charge in [0, 0.05) is 38.0 Å². The molecule has 0 spiro atoms. The zero-order valence-electron chi connectivity index (χ0n) is 17.8. The number of nitrogens with zero attached hydrogens (tertiary/aromatic N) is 3. The molecule has 0 saturated carbocycles. The van der Waals surface area contributed by atoms with Crippen LogP contribution in [-0.4, -0.2) is 47.9 Å². The minimum absolute atomic E-state index is 0.0681. The van der Waals surface area contributed by atoms with Crippen LogP contribution in [0.15, 0.2) is 60.3 Å². The topological polar surface area (TPSA) is 93.0 Å². The van der Waals surface area contributed by atoms with Crippen LogP contribution in [0.1, 0.15) is 25.8 Å². The van der Waals surface area contributed by atoms with Gasteiger partial charge in [-0.25, -0.2) is 0 Å². The molecular formula is C23H25N3O5. The van der Waals surface area contributed by atoms with Crippen molar-refractivity contribution >= 4 is 28.8 Å². The second kappa shape index (κ2) is 9.53. The molecule has 2 amide bonds. The average molecular weight is 423 g/mol. The summed E-state index contributed by atoms with van der Waals surface area (Å²) < 4.78 is 5.53. The molecule has 8 nitrogen and oxygen atoms in total. The molecule has 0 bridgehead atoms. The van der Waals surface area contributed by atoms with Crippen molar-refractivity contribution < 1.29 is 19.2 Å². The van der Waals surface area contributed by atoms with Crippen LogP contribution in [0, 0.1) is 10.1 Å². The summed E-state index contributed by atoms with van der Waals surface area (Å²) in [6.07, 6.45) is 0.587. The molecule has 0 saturated heterocycles. The Morgan fingerprint density at radius 2 is 1.68 bits per heavy atom. The van der Waals surface area contributed by atoms with Gasteiger partial charge in [-0.1, -0.05) is 18.2 Å². The Kier molecular flexibility index (Phi) is 6.81. The Balaban J connectivity index is 1.97. The van der Waals surface area contributed by atoms with Crippen LogP contribution in [-0.2, 0) is 14.3 Å². The summed E-state index contributed by atoms with van der Waals surface area (Å²) in [6.45, 7) is 4.51. The molecule has 162 valence electrons. The molecule has 1 aliphatic rings. The van der Waals surface area contributed by atoms with E-state index in [4.69, 9.17) is 4.74 Å². The molecule has 8 heteroatoms. The Hall–Kier alpha value is -3.52. The molecule has 0 atom stereocenters. The van der Waals surface area contributed by atoms with Crippen molar-refractivity contribution in [3.63, 3.8) is 0 Å². The van der Waals surface area contributed by atoms with Gasteiger partial charge in [0.05, 0.1) is 16.6 Å². The Morgan fingerprint density at radius 3 is 2.26 bits per heavy atom. The molecule has 3 rings (SSSR count). The van der Waals surface area contributed by atoms with Crippen LogP contribution in [0.3, 0.4) is 0 Å². The average Bonchev–Trinajstić information content (AvgIpc) is 3.01. The smallest absolute Gasteiger partial charge is 0.278 e. The highest BCUT2D eigenvalue weighted by Gasteiger charge is 2.40. The predicted molar refractivity (Wildman–Crippen MR) is 117 cm³/mol. The number of nitro benzene ring substituents is 1. The Morgan fingerprint density at radius 1 is 1.03 bits per heavy atom. The van der Waals surface area contributed by atoms with Gasteiger partial charge in [-0.05, 0) is 50.1 Å². The lowest BCUT2D eigenvalue weighted by molar-refractivity contribution is -0.384. The molecule has 0 aliphatic carbocycles. The van der Waals surface area contributed by atoms with Gasteiger partial charge >= 0.3 is 0 Å². The number of hydrogen-bond acceptors (Lipinski definition) is 6. The highest BCUT2D eigenvalue weighted by atomic mass is 16.6. The van der Waals surface area contributed by atoms with E-state index >= 15 is 0 Å². The van der Waals surface area contributed by atoms with E-state index < -0.39 is 16.7 Å². The number of likely N-dealkylation sites (N-methyl/N-ethyl adjacent to an activating group) is 1. The number of carbonyl (C=O) groups is 2. The summed E-state index contributed by atoms with van der Waals surface area (Å²) in [4.78, 5) is 39.9. The summed E-state index contributed by atoms with van der Waals surface area (Å²) >= 11 is 0. The maximum absolute atomic E-state index is 13.3. The van der Waals surface area contributed by atoms with E-state index in [9.17, 15) is 19.7 Å². The number of ether oxygens (including phenoxy) is 1. The zero-order chi connectivity index (χ0) is 22.5. The molecule has 0 fully saturated rings. The van der Waals surface area contributed by atoms with Crippen LogP contribution < -0.4 is 4.90 Å². The van der Waals surface area contributed by atoms with Gasteiger partial charge in [0.1, 0.15) is 5.70 Å². The zero-order valence-corrected chi connectivity index (χ0v) is 17.8. The van der Waals surface area contributed by atoms with Crippen molar-refractivity contribution in [2.24, 2.45) is 0 Å². The first-order chi connectivity index (χ1) is 14.8. The van der Waals surface area contributed by atoms with Gasteiger partial charge in [0.15, 0.2) is 0 Å². The van der Waals surface area contributed by atoms with Gasteiger partial charge in [-0.15, -0.1) is 0 Å². The number of nitro groups is 1. The monoisotopic (exact) mass is 423 g/mol. The molecule has 1 aliphatic heterocycles. The summed E-state index contributed by atoms with van der Waals surface area (Å²) in [5, 5.41) is 11.0. The third kappa shape index (κ3) is 4.80. The van der Waals surface area contributed by atoms with Crippen LogP contribution in [0.25, 0.3) is 5.57 Å². The second-order valence-electron chi connectivity index (χ2n) is 7.46. The molecule has 0 radical (unpaired) electrons. The van der Waals surface area contributed by atoms with E-state index in [1.165, 1.54) is 29.2 Å². The van der Waals surface area contributed by atoms with E-state index in [2.05, 4.69) is 0 Å². The van der Waals surface area contributed by atoms with E-state index in [0.29, 0.717) is 18.6 Å². The number of anilines is 1. The largest absolute Gasteiger partial charge is 0.379 e. The maximum Gasteiger partial charge on any atom is 0.278 e. The van der Waals surface area contributed by atoms with Crippen molar-refractivity contribution in [2.75, 3.05) is 25.1 Å². The molecule has 1 heterocycles. The first-order valence-corrected chi connectivity index (χ1v) is 10.1. The number of benzene rings is 2. The van der Waals surface area contributed by atoms with Crippen molar-refractivity contribution in [1.29, 1.82) is 0 Å². The Labute approximate surface area is 180 Å². The summed E-state index contributed by atoms with van der Waals surface area (Å²) in [5.41, 5.74) is 1.61. The maximum atomic E-state index is 13.3. The lowest BCUT2D eigenvalue weighted by atomic mass is 10.0. The minimum Gasteiger partial charge on any atom is -0.379 e. The van der Waals surface area contributed by atoms with Crippen molar-refractivity contribution in [1.82, 2.24) is 4.90 Å². The first kappa shape index (κ1) is 22.2. The summed E-state index contributed by atoms with van der Waals surface area (Å²) in [7, 11) is 1.73. The number of imide groups is 1. The molecule has 0 N–H and O–H groups in total. The Bertz CT molecular complexity index is 1000. The normalized spacial score (nSPS) is 14.0. The van der Waals surface area contributed by atoms with Crippen LogP contribution >= 0.6 is 0 Å². The molecule has 2 aromatic carbocycles. The molecule has 0 unspecified atom stereocenters. The van der Waals surface area contributed by atoms with Gasteiger partial charge in [0.25, 0.3) is 17.5 Å². The fraction of sp³-hybridized carbons (Fsp3) is 0.304. The van der Waals surface area contributed by atoms with Crippen molar-refractivity contribution in [3.8, 4) is 0 Å². The number of carbonyl (C=O) groups excluding carboxylic acids is 2. The fourth-order valence-corrected chi connectivity index (χ4v) is 3.41. The first-order valence-electron chi connectivity index (χ1n) is 10.1. The third-order valence-electron chi connectivity index (χ3n) is 4.97. The minimum atomic E-state index is -0.502. The van der Waals surface area contributed by atoms with Crippen LogP contribution in [0.4, 0.5) is 11.4 Å². The van der Waals surface area contributed by atoms with Crippen molar-refractivity contribution in [2.45, 2.75) is 26.4 Å². The van der Waals surface area contributed by atoms with Crippen LogP contribution in [0.2, 0.25) is 0 Å². The number of non-ortho nitro benzene ring substituents is 1. The van der Waals surface area contributed by atoms with E-state index in [1.807, 2.05) is 44.2 Å². The second-order valence-corrected chi connectivity index (χ2v) is 7.46. The van der Waals surface area contributed by atoms with Gasteiger partial charge < -0.3 is 9.64 Å². The number of amides is 2. The third-order valence-corrected chi connectivity index (χ3v) is 4.97. The quantitative estimate of drug-likeness (QED) is 0.265. The number of hydrogen-bond donors (Lipinski definition) is 0. The van der Waals surface area contributed by atoms with E-state index in [-0.39, 0.29) is 29.6 Å². The van der Waals surface area contributed by atoms with Gasteiger partial charge in [-0.3, -0.25) is 24.6 Å². The highest BCUT2D eigenvalue weighted by molar-refractivity contribution is 6.36. The lowest BCUT2D eigenvalue weighted by Crippen LogP contribution is -2.35. The highest BCUT2D eigenvalue weighted by Crippen LogP contribution is 2.34. The molecule has 2 aromatic rings. The van der Waals surface area contributed by atoms with Crippen LogP contribution in [0.5, 0.6) is 0 Å². The van der Waals surface area contributed by atoms with E-state index in [1.54, 1.807) is 11.9 Å². The standard InChI is InChI=1S/C23H25N3O5/c1-16(2)31-15-7-14-25-22(27)20(17-10-12-19(13-11-17)26(29)30)21(23(25)28)24(3)18-8-5-4-6-9-18/h4-6,8-13,16H,7,14-15H2,1-3H3. The molecule has 0 aromatic heterocycles. The summed E-state index contributed by atoms with van der Waals surface area (Å²) in [5.74, 6) is -0.810. The number of rotatable bonds is 9. The fourth-order valence-electron chi connectivity index (χ4n) is 3.41. The molecule has 31 heavy (non-hydrogen) atoms. The summed E-state index contributed by atoms with van der Waals surface area (Å²) in [6, 6.07) is 14.9. The molecular weight excluding hydrogens is 398 g/mol. The van der Waals surface area contributed by atoms with Gasteiger partial charge in [0.2, 0.25) is 0 Å². The van der Waals surface area contributed by atoms with Crippen molar-refractivity contribution in [3.05, 3.63) is 76.0 Å². The number of para-hydroxylation sites is 1. The van der Waals surface area contributed by atoms with E-state index in [0.717, 1.165) is 5.69 Å².